The zero-order chi connectivity index (χ0) is 15.2. The molecule has 1 aromatic rings. The minimum absolute atomic E-state index is 0.386. The lowest BCUT2D eigenvalue weighted by molar-refractivity contribution is 0.151. The number of methoxy groups -OCH3 is 2. The van der Waals surface area contributed by atoms with Gasteiger partial charge in [-0.25, -0.2) is 0 Å². The van der Waals surface area contributed by atoms with Crippen molar-refractivity contribution in [2.24, 2.45) is 5.92 Å². The molecule has 4 nitrogen and oxygen atoms in total. The molecule has 1 aromatic carbocycles. The molecule has 0 radical (unpaired) electrons. The van der Waals surface area contributed by atoms with Crippen molar-refractivity contribution in [3.63, 3.8) is 0 Å². The lowest BCUT2D eigenvalue weighted by Crippen LogP contribution is -2.45. The van der Waals surface area contributed by atoms with E-state index in [-0.39, 0.29) is 0 Å². The monoisotopic (exact) mass is 292 g/mol. The SMILES string of the molecule is COc1cccc([C@H](CC(C)C)N2CCNCC2)c1OC. The minimum atomic E-state index is 0.386. The van der Waals surface area contributed by atoms with Gasteiger partial charge in [-0.3, -0.25) is 4.90 Å². The van der Waals surface area contributed by atoms with Crippen LogP contribution in [0.4, 0.5) is 0 Å². The topological polar surface area (TPSA) is 33.7 Å². The molecule has 0 spiro atoms. The highest BCUT2D eigenvalue weighted by Gasteiger charge is 2.26. The van der Waals surface area contributed by atoms with Crippen molar-refractivity contribution < 1.29 is 9.47 Å². The number of hydrogen-bond donors (Lipinski definition) is 1. The standard InChI is InChI=1S/C17H28N2O2/c1-13(2)12-15(19-10-8-18-9-11-19)14-6-5-7-16(20-3)17(14)21-4/h5-7,13,15,18H,8-12H2,1-4H3/t15-/m0/s1. The normalized spacial score (nSPS) is 17.8. The number of piperazine rings is 1. The highest BCUT2D eigenvalue weighted by molar-refractivity contribution is 5.48. The van der Waals surface area contributed by atoms with Gasteiger partial charge in [0.15, 0.2) is 11.5 Å². The van der Waals surface area contributed by atoms with Gasteiger partial charge in [0, 0.05) is 37.8 Å². The van der Waals surface area contributed by atoms with Crippen LogP contribution in [0, 0.1) is 5.92 Å². The summed E-state index contributed by atoms with van der Waals surface area (Å²) in [5.41, 5.74) is 1.24. The van der Waals surface area contributed by atoms with E-state index >= 15 is 0 Å². The second kappa shape index (κ2) is 7.66. The lowest BCUT2D eigenvalue weighted by atomic mass is 9.94. The summed E-state index contributed by atoms with van der Waals surface area (Å²) in [6.45, 7) is 8.83. The fourth-order valence-corrected chi connectivity index (χ4v) is 3.09. The summed E-state index contributed by atoms with van der Waals surface area (Å²) in [4.78, 5) is 2.56. The third-order valence-corrected chi connectivity index (χ3v) is 4.08. The molecule has 1 aliphatic heterocycles. The zero-order valence-electron chi connectivity index (χ0n) is 13.7. The van der Waals surface area contributed by atoms with Crippen molar-refractivity contribution in [2.45, 2.75) is 26.3 Å². The number of nitrogens with zero attached hydrogens (tertiary/aromatic N) is 1. The summed E-state index contributed by atoms with van der Waals surface area (Å²) in [6, 6.07) is 6.59. The quantitative estimate of drug-likeness (QED) is 0.874. The van der Waals surface area contributed by atoms with Gasteiger partial charge in [-0.05, 0) is 18.4 Å². The predicted octanol–water partition coefficient (Wildman–Crippen LogP) is 2.70. The molecular weight excluding hydrogens is 264 g/mol. The summed E-state index contributed by atoms with van der Waals surface area (Å²) >= 11 is 0. The number of ether oxygens (including phenoxy) is 2. The summed E-state index contributed by atoms with van der Waals surface area (Å²) < 4.78 is 11.1. The Morgan fingerprint density at radius 2 is 1.86 bits per heavy atom. The number of para-hydroxylation sites is 1. The van der Waals surface area contributed by atoms with Gasteiger partial charge in [0.25, 0.3) is 0 Å². The summed E-state index contributed by atoms with van der Waals surface area (Å²) in [5.74, 6) is 2.34. The van der Waals surface area contributed by atoms with E-state index in [1.807, 2.05) is 6.07 Å². The van der Waals surface area contributed by atoms with Crippen LogP contribution in [0.2, 0.25) is 0 Å². The van der Waals surface area contributed by atoms with Gasteiger partial charge < -0.3 is 14.8 Å². The van der Waals surface area contributed by atoms with Gasteiger partial charge in [-0.2, -0.15) is 0 Å². The third-order valence-electron chi connectivity index (χ3n) is 4.08. The van der Waals surface area contributed by atoms with Crippen LogP contribution in [-0.4, -0.2) is 45.3 Å². The van der Waals surface area contributed by atoms with Crippen LogP contribution in [-0.2, 0) is 0 Å². The van der Waals surface area contributed by atoms with Gasteiger partial charge in [0.2, 0.25) is 0 Å². The smallest absolute Gasteiger partial charge is 0.165 e. The van der Waals surface area contributed by atoms with E-state index in [2.05, 4.69) is 36.2 Å². The maximum atomic E-state index is 5.65. The van der Waals surface area contributed by atoms with E-state index in [9.17, 15) is 0 Å². The molecule has 21 heavy (non-hydrogen) atoms. The molecule has 0 bridgehead atoms. The second-order valence-corrected chi connectivity index (χ2v) is 6.01. The van der Waals surface area contributed by atoms with Crippen LogP contribution in [0.5, 0.6) is 11.5 Å². The van der Waals surface area contributed by atoms with Crippen LogP contribution < -0.4 is 14.8 Å². The number of benzene rings is 1. The Hall–Kier alpha value is -1.26. The average molecular weight is 292 g/mol. The fourth-order valence-electron chi connectivity index (χ4n) is 3.09. The van der Waals surface area contributed by atoms with Crippen LogP contribution in [0.15, 0.2) is 18.2 Å². The molecule has 1 fully saturated rings. The molecule has 0 aliphatic carbocycles. The van der Waals surface area contributed by atoms with Crippen molar-refractivity contribution in [1.29, 1.82) is 0 Å². The molecular formula is C17H28N2O2. The Bertz CT molecular complexity index is 442. The van der Waals surface area contributed by atoms with Crippen molar-refractivity contribution in [1.82, 2.24) is 10.2 Å². The Kier molecular flexibility index (Phi) is 5.88. The van der Waals surface area contributed by atoms with Crippen LogP contribution in [0.1, 0.15) is 31.9 Å². The Labute approximate surface area is 128 Å². The molecule has 2 rings (SSSR count). The van der Waals surface area contributed by atoms with Crippen molar-refractivity contribution >= 4 is 0 Å². The molecule has 0 unspecified atom stereocenters. The highest BCUT2D eigenvalue weighted by atomic mass is 16.5. The molecule has 1 saturated heterocycles. The first-order chi connectivity index (χ1) is 10.2. The first-order valence-corrected chi connectivity index (χ1v) is 7.83. The highest BCUT2D eigenvalue weighted by Crippen LogP contribution is 2.39. The van der Waals surface area contributed by atoms with Crippen LogP contribution >= 0.6 is 0 Å². The van der Waals surface area contributed by atoms with Crippen molar-refractivity contribution in [2.75, 3.05) is 40.4 Å². The number of rotatable bonds is 6. The molecule has 0 saturated carbocycles. The van der Waals surface area contributed by atoms with E-state index in [1.165, 1.54) is 5.56 Å². The molecule has 0 aromatic heterocycles. The van der Waals surface area contributed by atoms with E-state index < -0.39 is 0 Å². The zero-order valence-corrected chi connectivity index (χ0v) is 13.7. The van der Waals surface area contributed by atoms with Gasteiger partial charge in [0.05, 0.1) is 14.2 Å². The van der Waals surface area contributed by atoms with E-state index in [4.69, 9.17) is 9.47 Å². The number of hydrogen-bond acceptors (Lipinski definition) is 4. The Balaban J connectivity index is 2.35. The van der Waals surface area contributed by atoms with Crippen molar-refractivity contribution in [3.05, 3.63) is 23.8 Å². The molecule has 118 valence electrons. The lowest BCUT2D eigenvalue weighted by Gasteiger charge is -2.37. The van der Waals surface area contributed by atoms with E-state index in [0.29, 0.717) is 12.0 Å². The maximum absolute atomic E-state index is 5.65. The molecule has 1 N–H and O–H groups in total. The third kappa shape index (κ3) is 3.89. The predicted molar refractivity (Wildman–Crippen MR) is 86.2 cm³/mol. The summed E-state index contributed by atoms with van der Waals surface area (Å²) in [7, 11) is 3.43. The van der Waals surface area contributed by atoms with Gasteiger partial charge in [-0.1, -0.05) is 26.0 Å². The Morgan fingerprint density at radius 3 is 2.43 bits per heavy atom. The first kappa shape index (κ1) is 16.1. The van der Waals surface area contributed by atoms with E-state index in [1.54, 1.807) is 14.2 Å². The summed E-state index contributed by atoms with van der Waals surface area (Å²) in [5, 5.41) is 3.43. The minimum Gasteiger partial charge on any atom is -0.493 e. The maximum Gasteiger partial charge on any atom is 0.165 e. The van der Waals surface area contributed by atoms with Gasteiger partial charge in [-0.15, -0.1) is 0 Å². The van der Waals surface area contributed by atoms with Crippen LogP contribution in [0.3, 0.4) is 0 Å². The summed E-state index contributed by atoms with van der Waals surface area (Å²) in [6.07, 6.45) is 1.13. The Morgan fingerprint density at radius 1 is 1.14 bits per heavy atom. The second-order valence-electron chi connectivity index (χ2n) is 6.01. The molecule has 1 heterocycles. The molecule has 0 amide bonds. The molecule has 1 aliphatic rings. The number of nitrogens with one attached hydrogen (secondary N) is 1. The largest absolute Gasteiger partial charge is 0.493 e. The fraction of sp³-hybridized carbons (Fsp3) is 0.647. The van der Waals surface area contributed by atoms with Gasteiger partial charge >= 0.3 is 0 Å². The van der Waals surface area contributed by atoms with Crippen molar-refractivity contribution in [3.8, 4) is 11.5 Å². The first-order valence-electron chi connectivity index (χ1n) is 7.83. The van der Waals surface area contributed by atoms with Crippen LogP contribution in [0.25, 0.3) is 0 Å². The van der Waals surface area contributed by atoms with Gasteiger partial charge in [0.1, 0.15) is 0 Å². The van der Waals surface area contributed by atoms with E-state index in [0.717, 1.165) is 44.1 Å². The molecule has 4 heteroatoms. The molecule has 1 atom stereocenters. The average Bonchev–Trinajstić information content (AvgIpc) is 2.52.